The molecule has 0 aliphatic heterocycles. The highest BCUT2D eigenvalue weighted by molar-refractivity contribution is 6.30. The van der Waals surface area contributed by atoms with E-state index in [1.807, 2.05) is 24.3 Å². The van der Waals surface area contributed by atoms with Gasteiger partial charge in [0.15, 0.2) is 11.6 Å². The second-order valence-corrected chi connectivity index (χ2v) is 6.83. The van der Waals surface area contributed by atoms with Crippen molar-refractivity contribution in [1.29, 1.82) is 0 Å². The predicted octanol–water partition coefficient (Wildman–Crippen LogP) is 5.51. The Morgan fingerprint density at radius 3 is 2.62 bits per heavy atom. The highest BCUT2D eigenvalue weighted by atomic mass is 35.5. The molecular formula is C21H20ClFO3. The van der Waals surface area contributed by atoms with Crippen molar-refractivity contribution in [2.45, 2.75) is 32.1 Å². The van der Waals surface area contributed by atoms with Crippen molar-refractivity contribution in [3.8, 4) is 5.75 Å². The van der Waals surface area contributed by atoms with Gasteiger partial charge in [-0.15, -0.1) is 0 Å². The van der Waals surface area contributed by atoms with Crippen molar-refractivity contribution < 1.29 is 19.0 Å². The third-order valence-electron chi connectivity index (χ3n) is 4.55. The first-order valence-corrected chi connectivity index (χ1v) is 9.00. The van der Waals surface area contributed by atoms with E-state index in [9.17, 15) is 9.18 Å². The fraction of sp³-hybridized carbons (Fsp3) is 0.286. The number of allylic oxidation sites excluding steroid dienone is 1. The van der Waals surface area contributed by atoms with Crippen LogP contribution in [-0.2, 0) is 11.2 Å². The molecule has 0 fully saturated rings. The molecule has 0 atom stereocenters. The summed E-state index contributed by atoms with van der Waals surface area (Å²) < 4.78 is 19.9. The molecule has 136 valence electrons. The van der Waals surface area contributed by atoms with Gasteiger partial charge in [0.2, 0.25) is 0 Å². The zero-order chi connectivity index (χ0) is 18.5. The van der Waals surface area contributed by atoms with Gasteiger partial charge < -0.3 is 9.84 Å². The number of rotatable bonds is 7. The molecule has 3 rings (SSSR count). The van der Waals surface area contributed by atoms with Crippen LogP contribution in [0.3, 0.4) is 0 Å². The summed E-state index contributed by atoms with van der Waals surface area (Å²) in [5.41, 5.74) is 4.22. The molecule has 0 unspecified atom stereocenters. The molecule has 0 spiro atoms. The lowest BCUT2D eigenvalue weighted by Crippen LogP contribution is -2.03. The minimum Gasteiger partial charge on any atom is -0.486 e. The van der Waals surface area contributed by atoms with Gasteiger partial charge in [-0.1, -0.05) is 29.8 Å². The van der Waals surface area contributed by atoms with Gasteiger partial charge in [0.05, 0.1) is 0 Å². The summed E-state index contributed by atoms with van der Waals surface area (Å²) in [7, 11) is 0. The highest BCUT2D eigenvalue weighted by Crippen LogP contribution is 2.34. The third-order valence-corrected chi connectivity index (χ3v) is 4.80. The molecule has 0 saturated carbocycles. The summed E-state index contributed by atoms with van der Waals surface area (Å²) in [5, 5.41) is 9.41. The van der Waals surface area contributed by atoms with Crippen LogP contribution in [0.4, 0.5) is 4.39 Å². The molecule has 0 radical (unpaired) electrons. The normalized spacial score (nSPS) is 13.9. The molecule has 1 aliphatic rings. The summed E-state index contributed by atoms with van der Waals surface area (Å²) >= 11 is 5.95. The molecular weight excluding hydrogens is 355 g/mol. The standard InChI is InChI=1S/C21H20ClFO3/c22-17-8-6-15(7-9-17)18-3-1-2-16(18)13-26-20-10-4-14(12-19(20)23)5-11-21(24)25/h4,6-10,12H,1-3,5,11,13H2,(H,24,25). The Morgan fingerprint density at radius 1 is 1.15 bits per heavy atom. The van der Waals surface area contributed by atoms with Crippen molar-refractivity contribution in [3.05, 3.63) is 70.0 Å². The van der Waals surface area contributed by atoms with Gasteiger partial charge in [-0.05, 0) is 72.2 Å². The number of aliphatic carboxylic acids is 1. The Bertz CT molecular complexity index is 828. The van der Waals surface area contributed by atoms with Crippen LogP contribution in [0.5, 0.6) is 5.75 Å². The molecule has 0 aromatic heterocycles. The highest BCUT2D eigenvalue weighted by Gasteiger charge is 2.17. The summed E-state index contributed by atoms with van der Waals surface area (Å²) in [4.78, 5) is 10.6. The average Bonchev–Trinajstić information content (AvgIpc) is 3.08. The van der Waals surface area contributed by atoms with E-state index in [1.165, 1.54) is 17.2 Å². The third kappa shape index (κ3) is 4.64. The van der Waals surface area contributed by atoms with Crippen LogP contribution in [-0.4, -0.2) is 17.7 Å². The molecule has 5 heteroatoms. The Labute approximate surface area is 157 Å². The van der Waals surface area contributed by atoms with Crippen LogP contribution in [0.15, 0.2) is 48.0 Å². The smallest absolute Gasteiger partial charge is 0.303 e. The first-order valence-electron chi connectivity index (χ1n) is 8.63. The van der Waals surface area contributed by atoms with E-state index in [2.05, 4.69) is 0 Å². The molecule has 0 bridgehead atoms. The van der Waals surface area contributed by atoms with E-state index in [0.29, 0.717) is 23.6 Å². The van der Waals surface area contributed by atoms with E-state index in [0.717, 1.165) is 24.8 Å². The second kappa shape index (κ2) is 8.37. The van der Waals surface area contributed by atoms with Crippen molar-refractivity contribution in [2.75, 3.05) is 6.61 Å². The van der Waals surface area contributed by atoms with E-state index >= 15 is 0 Å². The van der Waals surface area contributed by atoms with Crippen molar-refractivity contribution in [1.82, 2.24) is 0 Å². The van der Waals surface area contributed by atoms with Crippen molar-refractivity contribution in [2.24, 2.45) is 0 Å². The minimum absolute atomic E-state index is 0.0169. The lowest BCUT2D eigenvalue weighted by molar-refractivity contribution is -0.136. The second-order valence-electron chi connectivity index (χ2n) is 6.39. The summed E-state index contributed by atoms with van der Waals surface area (Å²) in [6.45, 7) is 0.351. The minimum atomic E-state index is -0.895. The van der Waals surface area contributed by atoms with Crippen molar-refractivity contribution in [3.63, 3.8) is 0 Å². The summed E-state index contributed by atoms with van der Waals surface area (Å²) in [5.74, 6) is -1.16. The number of hydrogen-bond donors (Lipinski definition) is 1. The molecule has 1 aliphatic carbocycles. The number of carboxylic acid groups (broad SMARTS) is 1. The van der Waals surface area contributed by atoms with Gasteiger partial charge in [-0.3, -0.25) is 4.79 Å². The molecule has 2 aromatic rings. The first-order chi connectivity index (χ1) is 12.5. The Hall–Kier alpha value is -2.33. The first kappa shape index (κ1) is 18.5. The van der Waals surface area contributed by atoms with Gasteiger partial charge in [0.1, 0.15) is 6.61 Å². The predicted molar refractivity (Wildman–Crippen MR) is 100 cm³/mol. The number of carboxylic acids is 1. The monoisotopic (exact) mass is 374 g/mol. The average molecular weight is 375 g/mol. The molecule has 1 N–H and O–H groups in total. The van der Waals surface area contributed by atoms with E-state index in [1.54, 1.807) is 12.1 Å². The van der Waals surface area contributed by atoms with Crippen molar-refractivity contribution >= 4 is 23.1 Å². The fourth-order valence-corrected chi connectivity index (χ4v) is 3.32. The quantitative estimate of drug-likeness (QED) is 0.694. The number of aryl methyl sites for hydroxylation is 1. The molecule has 0 heterocycles. The molecule has 26 heavy (non-hydrogen) atoms. The van der Waals surface area contributed by atoms with Crippen LogP contribution >= 0.6 is 11.6 Å². The van der Waals surface area contributed by atoms with Gasteiger partial charge in [-0.2, -0.15) is 0 Å². The summed E-state index contributed by atoms with van der Waals surface area (Å²) in [6, 6.07) is 12.4. The van der Waals surface area contributed by atoms with Gasteiger partial charge in [-0.25, -0.2) is 4.39 Å². The SMILES string of the molecule is O=C(O)CCc1ccc(OCC2=C(c3ccc(Cl)cc3)CCC2)c(F)c1. The topological polar surface area (TPSA) is 46.5 Å². The fourth-order valence-electron chi connectivity index (χ4n) is 3.20. The Kier molecular flexibility index (Phi) is 5.94. The maximum atomic E-state index is 14.2. The molecule has 0 amide bonds. The van der Waals surface area contributed by atoms with Crippen LogP contribution in [0, 0.1) is 5.82 Å². The van der Waals surface area contributed by atoms with Crippen LogP contribution in [0.2, 0.25) is 5.02 Å². The van der Waals surface area contributed by atoms with E-state index < -0.39 is 11.8 Å². The Balaban J connectivity index is 1.68. The van der Waals surface area contributed by atoms with Gasteiger partial charge in [0.25, 0.3) is 0 Å². The van der Waals surface area contributed by atoms with Crippen LogP contribution in [0.25, 0.3) is 5.57 Å². The lowest BCUT2D eigenvalue weighted by Gasteiger charge is -2.12. The van der Waals surface area contributed by atoms with Crippen LogP contribution in [0.1, 0.15) is 36.8 Å². The zero-order valence-corrected chi connectivity index (χ0v) is 15.1. The molecule has 0 saturated heterocycles. The largest absolute Gasteiger partial charge is 0.486 e. The maximum absolute atomic E-state index is 14.2. The summed E-state index contributed by atoms with van der Waals surface area (Å²) in [6.07, 6.45) is 3.27. The number of hydrogen-bond acceptors (Lipinski definition) is 2. The maximum Gasteiger partial charge on any atom is 0.303 e. The Morgan fingerprint density at radius 2 is 1.92 bits per heavy atom. The van der Waals surface area contributed by atoms with E-state index in [4.69, 9.17) is 21.4 Å². The number of carbonyl (C=O) groups is 1. The number of benzene rings is 2. The van der Waals surface area contributed by atoms with Gasteiger partial charge in [0, 0.05) is 11.4 Å². The van der Waals surface area contributed by atoms with E-state index in [-0.39, 0.29) is 12.2 Å². The zero-order valence-electron chi connectivity index (χ0n) is 14.3. The van der Waals surface area contributed by atoms with Crippen LogP contribution < -0.4 is 4.74 Å². The lowest BCUT2D eigenvalue weighted by atomic mass is 10.0. The van der Waals surface area contributed by atoms with Gasteiger partial charge >= 0.3 is 5.97 Å². The molecule has 3 nitrogen and oxygen atoms in total. The molecule has 2 aromatic carbocycles. The number of ether oxygens (including phenoxy) is 1. The number of halogens is 2.